The van der Waals surface area contributed by atoms with Gasteiger partial charge >= 0.3 is 0 Å². The summed E-state index contributed by atoms with van der Waals surface area (Å²) >= 11 is 4.46. The van der Waals surface area contributed by atoms with Crippen molar-refractivity contribution in [2.45, 2.75) is 38.5 Å². The van der Waals surface area contributed by atoms with E-state index < -0.39 is 0 Å². The highest BCUT2D eigenvalue weighted by Gasteiger charge is 2.04. The standard InChI is InChI=1S/C12H18S/c1-4-9(2)7-11-8-10(3)5-6-12(11)13/h5-6,8-9,13H,4,7H2,1-3H3. The monoisotopic (exact) mass is 194 g/mol. The van der Waals surface area contributed by atoms with Crippen molar-refractivity contribution in [3.05, 3.63) is 29.3 Å². The molecule has 0 aliphatic rings. The van der Waals surface area contributed by atoms with Gasteiger partial charge in [0, 0.05) is 4.90 Å². The van der Waals surface area contributed by atoms with Crippen molar-refractivity contribution < 1.29 is 0 Å². The van der Waals surface area contributed by atoms with E-state index in [9.17, 15) is 0 Å². The molecule has 0 saturated carbocycles. The lowest BCUT2D eigenvalue weighted by Crippen LogP contribution is -1.99. The minimum atomic E-state index is 0.757. The van der Waals surface area contributed by atoms with E-state index >= 15 is 0 Å². The molecule has 1 unspecified atom stereocenters. The summed E-state index contributed by atoms with van der Waals surface area (Å²) < 4.78 is 0. The molecular formula is C12H18S. The van der Waals surface area contributed by atoms with E-state index in [0.717, 1.165) is 17.2 Å². The van der Waals surface area contributed by atoms with Gasteiger partial charge in [-0.3, -0.25) is 0 Å². The topological polar surface area (TPSA) is 0 Å². The highest BCUT2D eigenvalue weighted by Crippen LogP contribution is 2.20. The number of hydrogen-bond donors (Lipinski definition) is 1. The zero-order chi connectivity index (χ0) is 9.84. The van der Waals surface area contributed by atoms with Crippen LogP contribution in [0.3, 0.4) is 0 Å². The Balaban J connectivity index is 2.81. The van der Waals surface area contributed by atoms with Crippen LogP contribution in [0.5, 0.6) is 0 Å². The van der Waals surface area contributed by atoms with Crippen LogP contribution in [-0.2, 0) is 6.42 Å². The second-order valence-electron chi connectivity index (χ2n) is 3.85. The summed E-state index contributed by atoms with van der Waals surface area (Å²) in [5.74, 6) is 0.757. The third-order valence-electron chi connectivity index (χ3n) is 2.50. The molecule has 72 valence electrons. The van der Waals surface area contributed by atoms with Gasteiger partial charge in [-0.05, 0) is 30.9 Å². The summed E-state index contributed by atoms with van der Waals surface area (Å²) in [5, 5.41) is 0. The predicted molar refractivity (Wildman–Crippen MR) is 61.6 cm³/mol. The van der Waals surface area contributed by atoms with Gasteiger partial charge in [-0.1, -0.05) is 38.0 Å². The molecule has 1 rings (SSSR count). The summed E-state index contributed by atoms with van der Waals surface area (Å²) in [6.07, 6.45) is 2.39. The average Bonchev–Trinajstić information content (AvgIpc) is 2.11. The Kier molecular flexibility index (Phi) is 3.86. The Hall–Kier alpha value is -0.430. The molecule has 0 heterocycles. The van der Waals surface area contributed by atoms with E-state index in [1.54, 1.807) is 0 Å². The maximum Gasteiger partial charge on any atom is 0.00723 e. The zero-order valence-corrected chi connectivity index (χ0v) is 9.57. The number of aryl methyl sites for hydroxylation is 1. The summed E-state index contributed by atoms with van der Waals surface area (Å²) in [7, 11) is 0. The summed E-state index contributed by atoms with van der Waals surface area (Å²) in [6, 6.07) is 6.45. The van der Waals surface area contributed by atoms with Crippen LogP contribution in [0.4, 0.5) is 0 Å². The Morgan fingerprint density at radius 1 is 1.38 bits per heavy atom. The number of hydrogen-bond acceptors (Lipinski definition) is 1. The Bertz CT molecular complexity index is 278. The molecular weight excluding hydrogens is 176 g/mol. The quantitative estimate of drug-likeness (QED) is 0.694. The molecule has 0 aliphatic heterocycles. The van der Waals surface area contributed by atoms with E-state index in [4.69, 9.17) is 0 Å². The lowest BCUT2D eigenvalue weighted by Gasteiger charge is -2.11. The van der Waals surface area contributed by atoms with E-state index in [1.165, 1.54) is 17.5 Å². The zero-order valence-electron chi connectivity index (χ0n) is 8.67. The number of benzene rings is 1. The van der Waals surface area contributed by atoms with Gasteiger partial charge in [0.25, 0.3) is 0 Å². The fourth-order valence-electron chi connectivity index (χ4n) is 1.40. The smallest absolute Gasteiger partial charge is 0.00723 e. The molecule has 0 radical (unpaired) electrons. The lowest BCUT2D eigenvalue weighted by atomic mass is 9.98. The van der Waals surface area contributed by atoms with Crippen molar-refractivity contribution in [3.63, 3.8) is 0 Å². The molecule has 1 aromatic carbocycles. The Morgan fingerprint density at radius 2 is 2.08 bits per heavy atom. The molecule has 1 atom stereocenters. The molecule has 0 nitrogen and oxygen atoms in total. The molecule has 0 fully saturated rings. The van der Waals surface area contributed by atoms with E-state index in [-0.39, 0.29) is 0 Å². The van der Waals surface area contributed by atoms with Gasteiger partial charge < -0.3 is 0 Å². The van der Waals surface area contributed by atoms with Crippen molar-refractivity contribution in [2.75, 3.05) is 0 Å². The molecule has 0 spiro atoms. The first kappa shape index (κ1) is 10.6. The molecule has 0 aromatic heterocycles. The first-order chi connectivity index (χ1) is 6.13. The summed E-state index contributed by atoms with van der Waals surface area (Å²) in [5.41, 5.74) is 2.72. The van der Waals surface area contributed by atoms with Crippen LogP contribution in [-0.4, -0.2) is 0 Å². The molecule has 1 aromatic rings. The van der Waals surface area contributed by atoms with Crippen LogP contribution in [0.1, 0.15) is 31.4 Å². The van der Waals surface area contributed by atoms with Crippen molar-refractivity contribution >= 4 is 12.6 Å². The van der Waals surface area contributed by atoms with Gasteiger partial charge in [-0.25, -0.2) is 0 Å². The third-order valence-corrected chi connectivity index (χ3v) is 2.94. The molecule has 0 N–H and O–H groups in total. The second-order valence-corrected chi connectivity index (χ2v) is 4.33. The minimum absolute atomic E-state index is 0.757. The van der Waals surface area contributed by atoms with Crippen LogP contribution < -0.4 is 0 Å². The van der Waals surface area contributed by atoms with Crippen LogP contribution >= 0.6 is 12.6 Å². The highest BCUT2D eigenvalue weighted by atomic mass is 32.1. The highest BCUT2D eigenvalue weighted by molar-refractivity contribution is 7.80. The van der Waals surface area contributed by atoms with Gasteiger partial charge in [0.1, 0.15) is 0 Å². The van der Waals surface area contributed by atoms with Crippen molar-refractivity contribution in [3.8, 4) is 0 Å². The van der Waals surface area contributed by atoms with Crippen molar-refractivity contribution in [1.82, 2.24) is 0 Å². The summed E-state index contributed by atoms with van der Waals surface area (Å²) in [4.78, 5) is 1.13. The first-order valence-electron chi connectivity index (χ1n) is 4.92. The van der Waals surface area contributed by atoms with Gasteiger partial charge in [0.15, 0.2) is 0 Å². The molecule has 0 saturated heterocycles. The summed E-state index contributed by atoms with van der Waals surface area (Å²) in [6.45, 7) is 6.65. The Labute approximate surface area is 86.8 Å². The normalized spacial score (nSPS) is 12.9. The van der Waals surface area contributed by atoms with Gasteiger partial charge in [0.2, 0.25) is 0 Å². The van der Waals surface area contributed by atoms with E-state index in [1.807, 2.05) is 0 Å². The van der Waals surface area contributed by atoms with Crippen LogP contribution in [0.15, 0.2) is 23.1 Å². The van der Waals surface area contributed by atoms with Crippen LogP contribution in [0, 0.1) is 12.8 Å². The van der Waals surface area contributed by atoms with Crippen LogP contribution in [0.2, 0.25) is 0 Å². The molecule has 1 heteroatoms. The fraction of sp³-hybridized carbons (Fsp3) is 0.500. The van der Waals surface area contributed by atoms with E-state index in [0.29, 0.717) is 0 Å². The van der Waals surface area contributed by atoms with E-state index in [2.05, 4.69) is 51.6 Å². The van der Waals surface area contributed by atoms with Crippen molar-refractivity contribution in [2.24, 2.45) is 5.92 Å². The average molecular weight is 194 g/mol. The SMILES string of the molecule is CCC(C)Cc1cc(C)ccc1S. The third kappa shape index (κ3) is 3.07. The molecule has 13 heavy (non-hydrogen) atoms. The lowest BCUT2D eigenvalue weighted by molar-refractivity contribution is 0.556. The maximum atomic E-state index is 4.46. The van der Waals surface area contributed by atoms with Gasteiger partial charge in [-0.15, -0.1) is 12.6 Å². The second kappa shape index (κ2) is 4.71. The molecule has 0 amide bonds. The molecule has 0 aliphatic carbocycles. The minimum Gasteiger partial charge on any atom is -0.143 e. The predicted octanol–water partition coefficient (Wildman–Crippen LogP) is 3.87. The largest absolute Gasteiger partial charge is 0.143 e. The maximum absolute atomic E-state index is 4.46. The first-order valence-corrected chi connectivity index (χ1v) is 5.36. The van der Waals surface area contributed by atoms with Crippen LogP contribution in [0.25, 0.3) is 0 Å². The van der Waals surface area contributed by atoms with Gasteiger partial charge in [-0.2, -0.15) is 0 Å². The van der Waals surface area contributed by atoms with Crippen molar-refractivity contribution in [1.29, 1.82) is 0 Å². The molecule has 0 bridgehead atoms. The fourth-order valence-corrected chi connectivity index (χ4v) is 1.63. The number of thiol groups is 1. The Morgan fingerprint density at radius 3 is 2.69 bits per heavy atom. The number of rotatable bonds is 3. The van der Waals surface area contributed by atoms with Gasteiger partial charge in [0.05, 0.1) is 0 Å².